The van der Waals surface area contributed by atoms with Crippen LogP contribution in [0.2, 0.25) is 0 Å². The fourth-order valence-electron chi connectivity index (χ4n) is 1.28. The maximum absolute atomic E-state index is 9.42. The summed E-state index contributed by atoms with van der Waals surface area (Å²) in [5, 5.41) is 9.42. The highest BCUT2D eigenvalue weighted by molar-refractivity contribution is 5.46. The van der Waals surface area contributed by atoms with Crippen LogP contribution in [-0.2, 0) is 4.74 Å². The highest BCUT2D eigenvalue weighted by Crippen LogP contribution is 2.20. The Morgan fingerprint density at radius 3 is 3.07 bits per heavy atom. The van der Waals surface area contributed by atoms with E-state index in [9.17, 15) is 5.11 Å². The van der Waals surface area contributed by atoms with Crippen LogP contribution >= 0.6 is 0 Å². The first kappa shape index (κ1) is 9.23. The summed E-state index contributed by atoms with van der Waals surface area (Å²) < 4.78 is 10.4. The molecule has 0 aromatic carbocycles. The molecular formula is C9H12N2O3. The largest absolute Gasteiger partial charge is 0.468 e. The molecular weight excluding hydrogens is 184 g/mol. The van der Waals surface area contributed by atoms with Crippen LogP contribution in [0.1, 0.15) is 0 Å². The summed E-state index contributed by atoms with van der Waals surface area (Å²) in [6, 6.07) is 3.42. The van der Waals surface area contributed by atoms with Crippen LogP contribution in [0.5, 0.6) is 5.88 Å². The van der Waals surface area contributed by atoms with Crippen molar-refractivity contribution in [1.29, 1.82) is 0 Å². The molecule has 76 valence electrons. The first-order chi connectivity index (χ1) is 6.77. The van der Waals surface area contributed by atoms with Gasteiger partial charge in [0.15, 0.2) is 6.10 Å². The molecule has 0 amide bonds. The number of hydrogen-bond acceptors (Lipinski definition) is 5. The van der Waals surface area contributed by atoms with Gasteiger partial charge in [0, 0.05) is 6.20 Å². The zero-order chi connectivity index (χ0) is 9.97. The normalized spacial score (nSPS) is 26.4. The van der Waals surface area contributed by atoms with Gasteiger partial charge in [0.2, 0.25) is 5.88 Å². The Balaban J connectivity index is 2.07. The number of pyridine rings is 1. The van der Waals surface area contributed by atoms with E-state index in [1.165, 1.54) is 0 Å². The van der Waals surface area contributed by atoms with Crippen LogP contribution in [-0.4, -0.2) is 35.5 Å². The second-order valence-corrected chi connectivity index (χ2v) is 3.16. The molecule has 3 N–H and O–H groups in total. The SMILES string of the molecule is Nc1cccnc1O[C@H]1COC[C@@H]1O. The summed E-state index contributed by atoms with van der Waals surface area (Å²) in [7, 11) is 0. The molecule has 2 rings (SSSR count). The third-order valence-electron chi connectivity index (χ3n) is 2.06. The second kappa shape index (κ2) is 3.81. The van der Waals surface area contributed by atoms with Crippen LogP contribution in [0.4, 0.5) is 5.69 Å². The Kier molecular flexibility index (Phi) is 2.51. The molecule has 1 fully saturated rings. The Hall–Kier alpha value is -1.33. The minimum absolute atomic E-state index is 0.303. The number of ether oxygens (including phenoxy) is 2. The van der Waals surface area contributed by atoms with Crippen LogP contribution in [0.3, 0.4) is 0 Å². The van der Waals surface area contributed by atoms with E-state index in [0.717, 1.165) is 0 Å². The Bertz CT molecular complexity index is 319. The summed E-state index contributed by atoms with van der Waals surface area (Å²) >= 11 is 0. The van der Waals surface area contributed by atoms with Crippen LogP contribution < -0.4 is 10.5 Å². The fourth-order valence-corrected chi connectivity index (χ4v) is 1.28. The fraction of sp³-hybridized carbons (Fsp3) is 0.444. The number of nitrogens with zero attached hydrogens (tertiary/aromatic N) is 1. The number of aromatic nitrogens is 1. The van der Waals surface area contributed by atoms with E-state index in [0.29, 0.717) is 24.8 Å². The molecule has 0 saturated carbocycles. The summed E-state index contributed by atoms with van der Waals surface area (Å²) in [6.45, 7) is 0.675. The van der Waals surface area contributed by atoms with Crippen LogP contribution in [0.15, 0.2) is 18.3 Å². The maximum atomic E-state index is 9.42. The Morgan fingerprint density at radius 2 is 2.43 bits per heavy atom. The van der Waals surface area contributed by atoms with Crippen molar-refractivity contribution in [3.63, 3.8) is 0 Å². The van der Waals surface area contributed by atoms with Crippen molar-refractivity contribution >= 4 is 5.69 Å². The molecule has 0 bridgehead atoms. The summed E-state index contributed by atoms with van der Waals surface area (Å²) in [5.74, 6) is 0.349. The lowest BCUT2D eigenvalue weighted by Crippen LogP contribution is -2.30. The van der Waals surface area contributed by atoms with Gasteiger partial charge in [-0.3, -0.25) is 0 Å². The number of aliphatic hydroxyl groups excluding tert-OH is 1. The zero-order valence-corrected chi connectivity index (χ0v) is 7.59. The second-order valence-electron chi connectivity index (χ2n) is 3.16. The third kappa shape index (κ3) is 1.78. The lowest BCUT2D eigenvalue weighted by molar-refractivity contribution is 0.0709. The van der Waals surface area contributed by atoms with Gasteiger partial charge in [0.1, 0.15) is 6.10 Å². The molecule has 2 heterocycles. The average Bonchev–Trinajstić information content (AvgIpc) is 2.56. The molecule has 5 heteroatoms. The molecule has 14 heavy (non-hydrogen) atoms. The van der Waals surface area contributed by atoms with Crippen molar-refractivity contribution in [2.24, 2.45) is 0 Å². The predicted molar refractivity (Wildman–Crippen MR) is 49.9 cm³/mol. The maximum Gasteiger partial charge on any atom is 0.237 e. The molecule has 0 radical (unpaired) electrons. The summed E-state index contributed by atoms with van der Waals surface area (Å²) in [5.41, 5.74) is 6.10. The van der Waals surface area contributed by atoms with Gasteiger partial charge in [-0.2, -0.15) is 0 Å². The highest BCUT2D eigenvalue weighted by Gasteiger charge is 2.28. The van der Waals surface area contributed by atoms with Gasteiger partial charge in [0.05, 0.1) is 18.9 Å². The van der Waals surface area contributed by atoms with Gasteiger partial charge in [-0.15, -0.1) is 0 Å². The van der Waals surface area contributed by atoms with Crippen molar-refractivity contribution < 1.29 is 14.6 Å². The smallest absolute Gasteiger partial charge is 0.237 e. The van der Waals surface area contributed by atoms with Crippen molar-refractivity contribution in [1.82, 2.24) is 4.98 Å². The molecule has 5 nitrogen and oxygen atoms in total. The molecule has 1 aromatic rings. The van der Waals surface area contributed by atoms with Gasteiger partial charge >= 0.3 is 0 Å². The first-order valence-corrected chi connectivity index (χ1v) is 4.40. The van der Waals surface area contributed by atoms with Crippen molar-refractivity contribution in [3.8, 4) is 5.88 Å². The van der Waals surface area contributed by atoms with E-state index in [1.54, 1.807) is 18.3 Å². The number of anilines is 1. The summed E-state index contributed by atoms with van der Waals surface area (Å²) in [4.78, 5) is 3.96. The first-order valence-electron chi connectivity index (χ1n) is 4.40. The molecule has 0 unspecified atom stereocenters. The zero-order valence-electron chi connectivity index (χ0n) is 7.59. The van der Waals surface area contributed by atoms with Crippen LogP contribution in [0.25, 0.3) is 0 Å². The van der Waals surface area contributed by atoms with E-state index in [4.69, 9.17) is 15.2 Å². The topological polar surface area (TPSA) is 77.6 Å². The molecule has 1 aromatic heterocycles. The molecule has 1 aliphatic rings. The molecule has 0 aliphatic carbocycles. The van der Waals surface area contributed by atoms with E-state index >= 15 is 0 Å². The Labute approximate surface area is 81.5 Å². The standard InChI is InChI=1S/C9H12N2O3/c10-6-2-1-3-11-9(6)14-8-5-13-4-7(8)12/h1-3,7-8,12H,4-5,10H2/t7-,8-/m0/s1. The Morgan fingerprint density at radius 1 is 1.57 bits per heavy atom. The lowest BCUT2D eigenvalue weighted by atomic mass is 10.2. The van der Waals surface area contributed by atoms with Crippen molar-refractivity contribution in [2.75, 3.05) is 18.9 Å². The highest BCUT2D eigenvalue weighted by atomic mass is 16.6. The lowest BCUT2D eigenvalue weighted by Gasteiger charge is -2.15. The molecule has 1 saturated heterocycles. The predicted octanol–water partition coefficient (Wildman–Crippen LogP) is -0.198. The van der Waals surface area contributed by atoms with Gasteiger partial charge in [0.25, 0.3) is 0 Å². The van der Waals surface area contributed by atoms with Crippen LogP contribution in [0, 0.1) is 0 Å². The number of nitrogens with two attached hydrogens (primary N) is 1. The monoisotopic (exact) mass is 196 g/mol. The van der Waals surface area contributed by atoms with Crippen molar-refractivity contribution in [2.45, 2.75) is 12.2 Å². The van der Waals surface area contributed by atoms with Gasteiger partial charge in [-0.25, -0.2) is 4.98 Å². The molecule has 2 atom stereocenters. The van der Waals surface area contributed by atoms with E-state index in [-0.39, 0.29) is 6.10 Å². The average molecular weight is 196 g/mol. The van der Waals surface area contributed by atoms with Gasteiger partial charge in [-0.05, 0) is 12.1 Å². The molecule has 0 spiro atoms. The van der Waals surface area contributed by atoms with Gasteiger partial charge in [-0.1, -0.05) is 0 Å². The quantitative estimate of drug-likeness (QED) is 0.685. The number of rotatable bonds is 2. The minimum Gasteiger partial charge on any atom is -0.468 e. The number of aliphatic hydroxyl groups is 1. The van der Waals surface area contributed by atoms with E-state index < -0.39 is 6.10 Å². The van der Waals surface area contributed by atoms with Crippen molar-refractivity contribution in [3.05, 3.63) is 18.3 Å². The molecule has 1 aliphatic heterocycles. The van der Waals surface area contributed by atoms with E-state index in [2.05, 4.69) is 4.98 Å². The van der Waals surface area contributed by atoms with E-state index in [1.807, 2.05) is 0 Å². The van der Waals surface area contributed by atoms with Gasteiger partial charge < -0.3 is 20.3 Å². The summed E-state index contributed by atoms with van der Waals surface area (Å²) in [6.07, 6.45) is 0.622. The third-order valence-corrected chi connectivity index (χ3v) is 2.06. The number of nitrogen functional groups attached to an aromatic ring is 1. The minimum atomic E-state index is -0.601. The number of hydrogen-bond donors (Lipinski definition) is 2.